The van der Waals surface area contributed by atoms with Gasteiger partial charge in [0.15, 0.2) is 0 Å². The van der Waals surface area contributed by atoms with Crippen LogP contribution < -0.4 is 5.32 Å². The topological polar surface area (TPSA) is 24.9 Å². The molecule has 1 aliphatic carbocycles. The summed E-state index contributed by atoms with van der Waals surface area (Å²) < 4.78 is 0. The zero-order valence-electron chi connectivity index (χ0n) is 9.49. The standard InChI is InChI=1S/C12H19ClN2S/c13-5-10-3-1-2-4-11(10)6-14-7-12-8-15-9-16-12/h8-11,14H,1-7H2. The third-order valence-electron chi connectivity index (χ3n) is 3.45. The number of alkyl halides is 1. The lowest BCUT2D eigenvalue weighted by atomic mass is 9.80. The summed E-state index contributed by atoms with van der Waals surface area (Å²) in [7, 11) is 0. The average Bonchev–Trinajstić information content (AvgIpc) is 2.83. The summed E-state index contributed by atoms with van der Waals surface area (Å²) in [6.07, 6.45) is 7.34. The molecule has 0 aliphatic heterocycles. The largest absolute Gasteiger partial charge is 0.312 e. The molecule has 2 atom stereocenters. The monoisotopic (exact) mass is 258 g/mol. The number of hydrogen-bond acceptors (Lipinski definition) is 3. The molecule has 1 heterocycles. The van der Waals surface area contributed by atoms with Crippen molar-refractivity contribution >= 4 is 22.9 Å². The van der Waals surface area contributed by atoms with Crippen LogP contribution in [0.3, 0.4) is 0 Å². The minimum absolute atomic E-state index is 0.726. The summed E-state index contributed by atoms with van der Waals surface area (Å²) in [6.45, 7) is 2.06. The fourth-order valence-electron chi connectivity index (χ4n) is 2.47. The molecule has 1 N–H and O–H groups in total. The highest BCUT2D eigenvalue weighted by Gasteiger charge is 2.23. The summed E-state index contributed by atoms with van der Waals surface area (Å²) >= 11 is 7.73. The summed E-state index contributed by atoms with van der Waals surface area (Å²) in [5, 5.41) is 3.53. The van der Waals surface area contributed by atoms with E-state index >= 15 is 0 Å². The van der Waals surface area contributed by atoms with Crippen LogP contribution >= 0.6 is 22.9 Å². The quantitative estimate of drug-likeness (QED) is 0.820. The number of nitrogens with zero attached hydrogens (tertiary/aromatic N) is 1. The first-order valence-corrected chi connectivity index (χ1v) is 7.45. The van der Waals surface area contributed by atoms with E-state index in [9.17, 15) is 0 Å². The zero-order chi connectivity index (χ0) is 11.2. The van der Waals surface area contributed by atoms with Crippen molar-refractivity contribution in [3.8, 4) is 0 Å². The molecule has 4 heteroatoms. The summed E-state index contributed by atoms with van der Waals surface area (Å²) in [4.78, 5) is 5.39. The molecular weight excluding hydrogens is 240 g/mol. The fraction of sp³-hybridized carbons (Fsp3) is 0.750. The zero-order valence-corrected chi connectivity index (χ0v) is 11.1. The van der Waals surface area contributed by atoms with E-state index in [1.807, 2.05) is 11.7 Å². The number of aromatic nitrogens is 1. The van der Waals surface area contributed by atoms with E-state index in [0.29, 0.717) is 0 Å². The maximum Gasteiger partial charge on any atom is 0.0794 e. The first kappa shape index (κ1) is 12.3. The molecule has 0 spiro atoms. The second-order valence-electron chi connectivity index (χ2n) is 4.56. The van der Waals surface area contributed by atoms with Crippen LogP contribution in [0.2, 0.25) is 0 Å². The van der Waals surface area contributed by atoms with Gasteiger partial charge in [0.25, 0.3) is 0 Å². The molecule has 0 saturated heterocycles. The van der Waals surface area contributed by atoms with Crippen LogP contribution in [0.5, 0.6) is 0 Å². The molecule has 0 amide bonds. The number of hydrogen-bond donors (Lipinski definition) is 1. The Morgan fingerprint density at radius 2 is 2.19 bits per heavy atom. The maximum atomic E-state index is 6.02. The van der Waals surface area contributed by atoms with E-state index in [1.165, 1.54) is 30.6 Å². The highest BCUT2D eigenvalue weighted by Crippen LogP contribution is 2.30. The van der Waals surface area contributed by atoms with Crippen molar-refractivity contribution in [3.63, 3.8) is 0 Å². The lowest BCUT2D eigenvalue weighted by Gasteiger charge is -2.30. The van der Waals surface area contributed by atoms with Crippen LogP contribution in [0.1, 0.15) is 30.6 Å². The second kappa shape index (κ2) is 6.58. The van der Waals surface area contributed by atoms with Gasteiger partial charge in [-0.2, -0.15) is 0 Å². The van der Waals surface area contributed by atoms with Crippen LogP contribution in [0.4, 0.5) is 0 Å². The summed E-state index contributed by atoms with van der Waals surface area (Å²) in [5.74, 6) is 2.33. The van der Waals surface area contributed by atoms with Gasteiger partial charge in [-0.1, -0.05) is 12.8 Å². The number of halogens is 1. The smallest absolute Gasteiger partial charge is 0.0794 e. The molecule has 0 radical (unpaired) electrons. The Bertz CT molecular complexity index is 289. The minimum atomic E-state index is 0.726. The molecular formula is C12H19ClN2S. The predicted octanol–water partition coefficient (Wildman–Crippen LogP) is 3.28. The lowest BCUT2D eigenvalue weighted by molar-refractivity contribution is 0.251. The molecule has 90 valence electrons. The van der Waals surface area contributed by atoms with E-state index in [-0.39, 0.29) is 0 Å². The van der Waals surface area contributed by atoms with Crippen molar-refractivity contribution < 1.29 is 0 Å². The Hall–Kier alpha value is -0.120. The first-order valence-electron chi connectivity index (χ1n) is 6.04. The van der Waals surface area contributed by atoms with Crippen molar-refractivity contribution in [2.75, 3.05) is 12.4 Å². The Kier molecular flexibility index (Phi) is 5.07. The molecule has 16 heavy (non-hydrogen) atoms. The lowest BCUT2D eigenvalue weighted by Crippen LogP contribution is -2.31. The third kappa shape index (κ3) is 3.44. The van der Waals surface area contributed by atoms with Gasteiger partial charge in [0.1, 0.15) is 0 Å². The van der Waals surface area contributed by atoms with Gasteiger partial charge < -0.3 is 5.32 Å². The van der Waals surface area contributed by atoms with Crippen LogP contribution in [0, 0.1) is 11.8 Å². The molecule has 1 fully saturated rings. The molecule has 1 aliphatic rings. The van der Waals surface area contributed by atoms with Gasteiger partial charge in [0.05, 0.1) is 5.51 Å². The molecule has 0 aromatic carbocycles. The van der Waals surface area contributed by atoms with Gasteiger partial charge in [-0.3, -0.25) is 4.98 Å². The van der Waals surface area contributed by atoms with Crippen LogP contribution in [0.15, 0.2) is 11.7 Å². The van der Waals surface area contributed by atoms with Crippen molar-refractivity contribution in [1.82, 2.24) is 10.3 Å². The minimum Gasteiger partial charge on any atom is -0.312 e. The van der Waals surface area contributed by atoms with Gasteiger partial charge in [-0.05, 0) is 31.2 Å². The number of thiazole rings is 1. The van der Waals surface area contributed by atoms with E-state index < -0.39 is 0 Å². The van der Waals surface area contributed by atoms with Crippen LogP contribution in [-0.4, -0.2) is 17.4 Å². The molecule has 1 saturated carbocycles. The van der Waals surface area contributed by atoms with Crippen molar-refractivity contribution in [3.05, 3.63) is 16.6 Å². The molecule has 2 nitrogen and oxygen atoms in total. The Morgan fingerprint density at radius 1 is 1.38 bits per heavy atom. The van der Waals surface area contributed by atoms with Crippen LogP contribution in [-0.2, 0) is 6.54 Å². The Balaban J connectivity index is 1.71. The normalized spacial score (nSPS) is 25.8. The van der Waals surface area contributed by atoms with Crippen molar-refractivity contribution in [2.24, 2.45) is 11.8 Å². The number of rotatable bonds is 5. The van der Waals surface area contributed by atoms with Crippen molar-refractivity contribution in [2.45, 2.75) is 32.2 Å². The van der Waals surface area contributed by atoms with E-state index in [2.05, 4.69) is 10.3 Å². The Labute approximate surface area is 106 Å². The summed E-state index contributed by atoms with van der Waals surface area (Å²) in [5.41, 5.74) is 1.89. The van der Waals surface area contributed by atoms with E-state index in [1.54, 1.807) is 11.3 Å². The van der Waals surface area contributed by atoms with Gasteiger partial charge in [-0.15, -0.1) is 22.9 Å². The van der Waals surface area contributed by atoms with E-state index in [4.69, 9.17) is 11.6 Å². The van der Waals surface area contributed by atoms with Gasteiger partial charge in [0, 0.05) is 23.5 Å². The summed E-state index contributed by atoms with van der Waals surface area (Å²) in [6, 6.07) is 0. The van der Waals surface area contributed by atoms with Crippen molar-refractivity contribution in [1.29, 1.82) is 0 Å². The highest BCUT2D eigenvalue weighted by atomic mass is 35.5. The van der Waals surface area contributed by atoms with E-state index in [0.717, 1.165) is 30.8 Å². The molecule has 1 aromatic rings. The number of nitrogens with one attached hydrogen (secondary N) is 1. The molecule has 2 unspecified atom stereocenters. The van der Waals surface area contributed by atoms with Gasteiger partial charge >= 0.3 is 0 Å². The molecule has 0 bridgehead atoms. The molecule has 1 aromatic heterocycles. The maximum absolute atomic E-state index is 6.02. The SMILES string of the molecule is ClCC1CCCCC1CNCc1cncs1. The molecule has 2 rings (SSSR count). The van der Waals surface area contributed by atoms with Gasteiger partial charge in [-0.25, -0.2) is 0 Å². The third-order valence-corrected chi connectivity index (χ3v) is 4.63. The second-order valence-corrected chi connectivity index (χ2v) is 5.84. The highest BCUT2D eigenvalue weighted by molar-refractivity contribution is 7.09. The van der Waals surface area contributed by atoms with Crippen LogP contribution in [0.25, 0.3) is 0 Å². The first-order chi connectivity index (χ1) is 7.90. The fourth-order valence-corrected chi connectivity index (χ4v) is 3.44. The average molecular weight is 259 g/mol. The predicted molar refractivity (Wildman–Crippen MR) is 70.0 cm³/mol. The Morgan fingerprint density at radius 3 is 2.88 bits per heavy atom. The van der Waals surface area contributed by atoms with Gasteiger partial charge in [0.2, 0.25) is 0 Å².